The van der Waals surface area contributed by atoms with Gasteiger partial charge in [-0.15, -0.1) is 0 Å². The average Bonchev–Trinajstić information content (AvgIpc) is 2.21. The topological polar surface area (TPSA) is 33.3 Å². The van der Waals surface area contributed by atoms with Crippen LogP contribution >= 0.6 is 0 Å². The van der Waals surface area contributed by atoms with Crippen molar-refractivity contribution in [2.45, 2.75) is 45.8 Å². The number of hydrogen-bond acceptors (Lipinski definition) is 3. The summed E-state index contributed by atoms with van der Waals surface area (Å²) in [7, 11) is 1.77. The first kappa shape index (κ1) is 13.9. The lowest BCUT2D eigenvalue weighted by Gasteiger charge is -2.15. The summed E-state index contributed by atoms with van der Waals surface area (Å²) >= 11 is 0. The first-order valence-electron chi connectivity index (χ1n) is 5.67. The summed E-state index contributed by atoms with van der Waals surface area (Å²) in [6.45, 7) is 9.64. The van der Waals surface area contributed by atoms with E-state index in [-0.39, 0.29) is 0 Å². The summed E-state index contributed by atoms with van der Waals surface area (Å²) < 4.78 is 5.18. The smallest absolute Gasteiger partial charge is 0.0543 e. The van der Waals surface area contributed by atoms with Gasteiger partial charge in [-0.3, -0.25) is 0 Å². The van der Waals surface area contributed by atoms with Crippen LogP contribution in [0.25, 0.3) is 0 Å². The van der Waals surface area contributed by atoms with Gasteiger partial charge in [0, 0.05) is 19.7 Å². The Hall–Kier alpha value is -0.120. The number of ether oxygens (including phenoxy) is 1. The highest BCUT2D eigenvalue weighted by Crippen LogP contribution is 1.98. The first-order valence-corrected chi connectivity index (χ1v) is 5.67. The summed E-state index contributed by atoms with van der Waals surface area (Å²) in [6.07, 6.45) is 2.71. The van der Waals surface area contributed by atoms with Gasteiger partial charge in [0.1, 0.15) is 0 Å². The lowest BCUT2D eigenvalue weighted by atomic mass is 10.2. The summed E-state index contributed by atoms with van der Waals surface area (Å²) in [5.74, 6) is 0. The van der Waals surface area contributed by atoms with Crippen LogP contribution in [0.5, 0.6) is 0 Å². The van der Waals surface area contributed by atoms with Gasteiger partial charge >= 0.3 is 0 Å². The Morgan fingerprint density at radius 1 is 1.29 bits per heavy atom. The van der Waals surface area contributed by atoms with Crippen LogP contribution in [0.4, 0.5) is 0 Å². The van der Waals surface area contributed by atoms with E-state index in [0.717, 1.165) is 26.1 Å². The molecule has 0 spiro atoms. The van der Waals surface area contributed by atoms with Gasteiger partial charge in [0.05, 0.1) is 6.10 Å². The highest BCUT2D eigenvalue weighted by atomic mass is 16.5. The van der Waals surface area contributed by atoms with Gasteiger partial charge in [-0.05, 0) is 39.8 Å². The van der Waals surface area contributed by atoms with Crippen molar-refractivity contribution in [2.24, 2.45) is 0 Å². The van der Waals surface area contributed by atoms with Gasteiger partial charge in [0.2, 0.25) is 0 Å². The number of hydrogen-bond donors (Lipinski definition) is 2. The molecule has 0 aromatic heterocycles. The first-order chi connectivity index (χ1) is 6.70. The zero-order chi connectivity index (χ0) is 10.8. The molecule has 14 heavy (non-hydrogen) atoms. The second-order valence-corrected chi connectivity index (χ2v) is 3.85. The molecule has 0 aliphatic rings. The molecular formula is C11H26N2O. The normalized spacial score (nSPS) is 15.4. The maximum Gasteiger partial charge on any atom is 0.0543 e. The predicted octanol–water partition coefficient (Wildman–Crippen LogP) is 1.39. The molecule has 0 saturated carbocycles. The van der Waals surface area contributed by atoms with Crippen molar-refractivity contribution in [3.63, 3.8) is 0 Å². The molecule has 0 radical (unpaired) electrons. The third-order valence-electron chi connectivity index (χ3n) is 2.38. The van der Waals surface area contributed by atoms with E-state index in [9.17, 15) is 0 Å². The number of likely N-dealkylation sites (N-methyl/N-ethyl adjacent to an activating group) is 1. The Labute approximate surface area is 88.6 Å². The second-order valence-electron chi connectivity index (χ2n) is 3.85. The molecular weight excluding hydrogens is 176 g/mol. The molecule has 0 aromatic carbocycles. The minimum atomic E-state index is 0.390. The molecule has 0 rings (SSSR count). The molecule has 3 heteroatoms. The molecule has 0 fully saturated rings. The van der Waals surface area contributed by atoms with Crippen molar-refractivity contribution in [1.29, 1.82) is 0 Å². The van der Waals surface area contributed by atoms with E-state index in [4.69, 9.17) is 4.74 Å². The second kappa shape index (κ2) is 9.44. The van der Waals surface area contributed by atoms with Gasteiger partial charge in [-0.2, -0.15) is 0 Å². The molecule has 2 N–H and O–H groups in total. The summed E-state index contributed by atoms with van der Waals surface area (Å²) in [5, 5.41) is 6.80. The molecule has 2 unspecified atom stereocenters. The van der Waals surface area contributed by atoms with E-state index in [2.05, 4.69) is 31.4 Å². The minimum Gasteiger partial charge on any atom is -0.382 e. The standard InChI is InChI=1S/C11H26N2O/c1-5-12-9-10(2)13-8-6-7-11(3)14-4/h10-13H,5-9H2,1-4H3. The molecule has 2 atom stereocenters. The van der Waals surface area contributed by atoms with E-state index >= 15 is 0 Å². The van der Waals surface area contributed by atoms with Crippen molar-refractivity contribution in [2.75, 3.05) is 26.7 Å². The third kappa shape index (κ3) is 8.48. The minimum absolute atomic E-state index is 0.390. The highest BCUT2D eigenvalue weighted by molar-refractivity contribution is 4.63. The average molecular weight is 202 g/mol. The monoisotopic (exact) mass is 202 g/mol. The van der Waals surface area contributed by atoms with E-state index in [0.29, 0.717) is 12.1 Å². The highest BCUT2D eigenvalue weighted by Gasteiger charge is 2.01. The molecule has 3 nitrogen and oxygen atoms in total. The van der Waals surface area contributed by atoms with Crippen molar-refractivity contribution in [3.05, 3.63) is 0 Å². The van der Waals surface area contributed by atoms with Crippen LogP contribution in [-0.4, -0.2) is 38.9 Å². The van der Waals surface area contributed by atoms with Crippen LogP contribution in [0.3, 0.4) is 0 Å². The molecule has 0 saturated heterocycles. The lowest BCUT2D eigenvalue weighted by molar-refractivity contribution is 0.109. The van der Waals surface area contributed by atoms with Crippen LogP contribution < -0.4 is 10.6 Å². The Morgan fingerprint density at radius 3 is 2.57 bits per heavy atom. The van der Waals surface area contributed by atoms with Gasteiger partial charge < -0.3 is 15.4 Å². The Kier molecular flexibility index (Phi) is 9.35. The molecule has 0 aromatic rings. The van der Waals surface area contributed by atoms with Gasteiger partial charge in [-0.1, -0.05) is 6.92 Å². The van der Waals surface area contributed by atoms with Crippen LogP contribution in [0, 0.1) is 0 Å². The summed E-state index contributed by atoms with van der Waals surface area (Å²) in [5.41, 5.74) is 0. The molecule has 86 valence electrons. The van der Waals surface area contributed by atoms with Gasteiger partial charge in [0.15, 0.2) is 0 Å². The number of rotatable bonds is 9. The van der Waals surface area contributed by atoms with Crippen molar-refractivity contribution in [1.82, 2.24) is 10.6 Å². The SMILES string of the molecule is CCNCC(C)NCCCC(C)OC. The Bertz CT molecular complexity index is 120. The number of nitrogens with one attached hydrogen (secondary N) is 2. The molecule has 0 aliphatic carbocycles. The van der Waals surface area contributed by atoms with Crippen LogP contribution in [0.1, 0.15) is 33.6 Å². The molecule has 0 heterocycles. The summed E-state index contributed by atoms with van der Waals surface area (Å²) in [4.78, 5) is 0. The van der Waals surface area contributed by atoms with Crippen LogP contribution in [0.15, 0.2) is 0 Å². The molecule has 0 aliphatic heterocycles. The summed E-state index contributed by atoms with van der Waals surface area (Å²) in [6, 6.07) is 0.563. The van der Waals surface area contributed by atoms with E-state index in [1.54, 1.807) is 7.11 Å². The molecule has 0 bridgehead atoms. The van der Waals surface area contributed by atoms with Crippen LogP contribution in [0.2, 0.25) is 0 Å². The van der Waals surface area contributed by atoms with Crippen molar-refractivity contribution in [3.8, 4) is 0 Å². The maximum atomic E-state index is 5.18. The van der Waals surface area contributed by atoms with Crippen molar-refractivity contribution < 1.29 is 4.74 Å². The molecule has 0 amide bonds. The fourth-order valence-electron chi connectivity index (χ4n) is 1.29. The maximum absolute atomic E-state index is 5.18. The zero-order valence-corrected chi connectivity index (χ0v) is 10.1. The van der Waals surface area contributed by atoms with Gasteiger partial charge in [0.25, 0.3) is 0 Å². The van der Waals surface area contributed by atoms with E-state index in [1.165, 1.54) is 6.42 Å². The largest absolute Gasteiger partial charge is 0.382 e. The Morgan fingerprint density at radius 2 is 2.00 bits per heavy atom. The third-order valence-corrected chi connectivity index (χ3v) is 2.38. The Balaban J connectivity index is 3.18. The fourth-order valence-corrected chi connectivity index (χ4v) is 1.29. The fraction of sp³-hybridized carbons (Fsp3) is 1.00. The zero-order valence-electron chi connectivity index (χ0n) is 10.1. The van der Waals surface area contributed by atoms with Crippen molar-refractivity contribution >= 4 is 0 Å². The van der Waals surface area contributed by atoms with Gasteiger partial charge in [-0.25, -0.2) is 0 Å². The van der Waals surface area contributed by atoms with E-state index < -0.39 is 0 Å². The quantitative estimate of drug-likeness (QED) is 0.554. The van der Waals surface area contributed by atoms with E-state index in [1.807, 2.05) is 0 Å². The predicted molar refractivity (Wildman–Crippen MR) is 61.7 cm³/mol. The van der Waals surface area contributed by atoms with Crippen LogP contribution in [-0.2, 0) is 4.74 Å². The lowest BCUT2D eigenvalue weighted by Crippen LogP contribution is -2.36. The number of methoxy groups -OCH3 is 1.